The second-order valence-corrected chi connectivity index (χ2v) is 7.00. The Morgan fingerprint density at radius 2 is 2.19 bits per heavy atom. The highest BCUT2D eigenvalue weighted by molar-refractivity contribution is 9.10. The molecule has 1 aromatic rings. The Morgan fingerprint density at radius 3 is 2.71 bits per heavy atom. The minimum absolute atomic E-state index is 0.0367. The number of hydrogen-bond acceptors (Lipinski definition) is 4. The quantitative estimate of drug-likeness (QED) is 0.760. The summed E-state index contributed by atoms with van der Waals surface area (Å²) in [5.74, 6) is -1.24. The van der Waals surface area contributed by atoms with Gasteiger partial charge in [-0.15, -0.1) is 0 Å². The van der Waals surface area contributed by atoms with Crippen LogP contribution in [-0.4, -0.2) is 25.5 Å². The van der Waals surface area contributed by atoms with E-state index >= 15 is 0 Å². The molecule has 8 heteroatoms. The van der Waals surface area contributed by atoms with Gasteiger partial charge in [0, 0.05) is 4.47 Å². The van der Waals surface area contributed by atoms with Crippen LogP contribution in [0.4, 0.5) is 0 Å². The zero-order chi connectivity index (χ0) is 16.0. The highest BCUT2D eigenvalue weighted by atomic mass is 79.9. The van der Waals surface area contributed by atoms with Gasteiger partial charge in [-0.05, 0) is 24.6 Å². The maximum Gasteiger partial charge on any atom is 0.321 e. The van der Waals surface area contributed by atoms with Gasteiger partial charge >= 0.3 is 5.97 Å². The number of nitrogens with one attached hydrogen (secondary N) is 1. The van der Waals surface area contributed by atoms with Crippen LogP contribution in [0.25, 0.3) is 0 Å². The van der Waals surface area contributed by atoms with Crippen LogP contribution in [-0.2, 0) is 14.8 Å². The lowest BCUT2D eigenvalue weighted by Gasteiger charge is -2.15. The van der Waals surface area contributed by atoms with Gasteiger partial charge in [-0.1, -0.05) is 35.7 Å². The fraction of sp³-hybridized carbons (Fsp3) is 0.385. The molecule has 1 atom stereocenters. The Balaban J connectivity index is 3.13. The second kappa shape index (κ2) is 7.54. The molecule has 0 aliphatic heterocycles. The van der Waals surface area contributed by atoms with Crippen molar-refractivity contribution in [2.24, 2.45) is 0 Å². The summed E-state index contributed by atoms with van der Waals surface area (Å²) in [6.07, 6.45) is 1.54. The Hall–Kier alpha value is -1.43. The van der Waals surface area contributed by atoms with E-state index in [4.69, 9.17) is 10.4 Å². The molecular formula is C13H15BrN2O4S. The van der Waals surface area contributed by atoms with Crippen molar-refractivity contribution in [3.8, 4) is 6.07 Å². The predicted molar refractivity (Wildman–Crippen MR) is 80.1 cm³/mol. The summed E-state index contributed by atoms with van der Waals surface area (Å²) in [4.78, 5) is 10.9. The van der Waals surface area contributed by atoms with Crippen molar-refractivity contribution in [2.45, 2.75) is 37.1 Å². The molecule has 1 unspecified atom stereocenters. The first-order chi connectivity index (χ1) is 9.81. The number of halogens is 1. The number of unbranched alkanes of at least 4 members (excludes halogenated alkanes) is 1. The highest BCUT2D eigenvalue weighted by Crippen LogP contribution is 2.21. The fourth-order valence-corrected chi connectivity index (χ4v) is 3.62. The van der Waals surface area contributed by atoms with Crippen LogP contribution in [0.1, 0.15) is 31.7 Å². The number of hydrogen-bond donors (Lipinski definition) is 2. The average molecular weight is 375 g/mol. The molecule has 1 aromatic carbocycles. The van der Waals surface area contributed by atoms with E-state index in [-0.39, 0.29) is 16.9 Å². The number of carboxylic acid groups (broad SMARTS) is 1. The van der Waals surface area contributed by atoms with Crippen molar-refractivity contribution in [2.75, 3.05) is 0 Å². The van der Waals surface area contributed by atoms with Crippen molar-refractivity contribution < 1.29 is 18.3 Å². The van der Waals surface area contributed by atoms with Gasteiger partial charge in [-0.2, -0.15) is 9.98 Å². The van der Waals surface area contributed by atoms with Gasteiger partial charge in [-0.3, -0.25) is 4.79 Å². The molecule has 0 saturated carbocycles. The summed E-state index contributed by atoms with van der Waals surface area (Å²) in [7, 11) is -4.08. The van der Waals surface area contributed by atoms with Gasteiger partial charge in [0.1, 0.15) is 17.0 Å². The number of carbonyl (C=O) groups is 1. The van der Waals surface area contributed by atoms with Gasteiger partial charge in [0.05, 0.1) is 5.56 Å². The van der Waals surface area contributed by atoms with Gasteiger partial charge in [0.15, 0.2) is 0 Å². The van der Waals surface area contributed by atoms with Crippen LogP contribution in [0.5, 0.6) is 0 Å². The molecule has 0 aliphatic carbocycles. The lowest BCUT2D eigenvalue weighted by molar-refractivity contribution is -0.139. The van der Waals surface area contributed by atoms with Crippen molar-refractivity contribution in [1.82, 2.24) is 4.72 Å². The maximum absolute atomic E-state index is 12.3. The van der Waals surface area contributed by atoms with E-state index < -0.39 is 22.0 Å². The third kappa shape index (κ3) is 4.81. The van der Waals surface area contributed by atoms with Crippen LogP contribution in [0.2, 0.25) is 0 Å². The Bertz CT molecular complexity index is 667. The topological polar surface area (TPSA) is 107 Å². The van der Waals surface area contributed by atoms with Crippen molar-refractivity contribution in [3.05, 3.63) is 28.2 Å². The largest absolute Gasteiger partial charge is 0.480 e. The molecule has 0 saturated heterocycles. The summed E-state index contributed by atoms with van der Waals surface area (Å²) in [6.45, 7) is 1.88. The molecule has 0 spiro atoms. The zero-order valence-electron chi connectivity index (χ0n) is 11.3. The Kier molecular flexibility index (Phi) is 6.33. The molecule has 1 rings (SSSR count). The van der Waals surface area contributed by atoms with Crippen molar-refractivity contribution in [1.29, 1.82) is 5.26 Å². The summed E-state index contributed by atoms with van der Waals surface area (Å²) in [5.41, 5.74) is -0.0367. The maximum atomic E-state index is 12.3. The highest BCUT2D eigenvalue weighted by Gasteiger charge is 2.27. The van der Waals surface area contributed by atoms with Crippen molar-refractivity contribution in [3.63, 3.8) is 0 Å². The van der Waals surface area contributed by atoms with E-state index in [0.29, 0.717) is 10.9 Å². The fourth-order valence-electron chi connectivity index (χ4n) is 1.70. The summed E-state index contributed by atoms with van der Waals surface area (Å²) < 4.78 is 27.2. The molecule has 0 heterocycles. The number of aliphatic carboxylic acids is 1. The second-order valence-electron chi connectivity index (χ2n) is 4.41. The minimum Gasteiger partial charge on any atom is -0.480 e. The average Bonchev–Trinajstić information content (AvgIpc) is 2.43. The molecule has 114 valence electrons. The standard InChI is InChI=1S/C13H15BrN2O4S/c1-2-3-4-11(13(17)18)16-21(19,20)12-7-10(14)6-5-9(12)8-15/h5-7,11,16H,2-4H2,1H3,(H,17,18). The number of nitrogens with zero attached hydrogens (tertiary/aromatic N) is 1. The lowest BCUT2D eigenvalue weighted by Crippen LogP contribution is -2.40. The third-order valence-electron chi connectivity index (χ3n) is 2.80. The zero-order valence-corrected chi connectivity index (χ0v) is 13.7. The van der Waals surface area contributed by atoms with E-state index in [1.807, 2.05) is 6.92 Å². The molecule has 0 aliphatic rings. The molecule has 0 fully saturated rings. The number of benzene rings is 1. The Morgan fingerprint density at radius 1 is 1.52 bits per heavy atom. The SMILES string of the molecule is CCCCC(NS(=O)(=O)c1cc(Br)ccc1C#N)C(=O)O. The van der Waals surface area contributed by atoms with E-state index in [2.05, 4.69) is 20.7 Å². The van der Waals surface area contributed by atoms with Gasteiger partial charge < -0.3 is 5.11 Å². The molecular weight excluding hydrogens is 360 g/mol. The molecule has 21 heavy (non-hydrogen) atoms. The molecule has 0 bridgehead atoms. The van der Waals surface area contributed by atoms with Crippen LogP contribution in [0.3, 0.4) is 0 Å². The summed E-state index contributed by atoms with van der Waals surface area (Å²) >= 11 is 3.14. The first-order valence-corrected chi connectivity index (χ1v) is 8.54. The number of carboxylic acids is 1. The predicted octanol–water partition coefficient (Wildman–Crippen LogP) is 2.24. The van der Waals surface area contributed by atoms with Gasteiger partial charge in [0.2, 0.25) is 10.0 Å². The van der Waals surface area contributed by atoms with E-state index in [0.717, 1.165) is 6.42 Å². The van der Waals surface area contributed by atoms with Crippen LogP contribution >= 0.6 is 15.9 Å². The van der Waals surface area contributed by atoms with E-state index in [9.17, 15) is 13.2 Å². The first-order valence-electron chi connectivity index (χ1n) is 6.26. The van der Waals surface area contributed by atoms with E-state index in [1.54, 1.807) is 12.1 Å². The number of sulfonamides is 1. The molecule has 2 N–H and O–H groups in total. The molecule has 6 nitrogen and oxygen atoms in total. The van der Waals surface area contributed by atoms with Crippen LogP contribution < -0.4 is 4.72 Å². The number of rotatable bonds is 7. The van der Waals surface area contributed by atoms with Gasteiger partial charge in [-0.25, -0.2) is 8.42 Å². The lowest BCUT2D eigenvalue weighted by atomic mass is 10.1. The van der Waals surface area contributed by atoms with Gasteiger partial charge in [0.25, 0.3) is 0 Å². The third-order valence-corrected chi connectivity index (χ3v) is 4.80. The molecule has 0 aromatic heterocycles. The number of nitriles is 1. The van der Waals surface area contributed by atoms with Crippen LogP contribution in [0, 0.1) is 11.3 Å². The normalized spacial score (nSPS) is 12.6. The first kappa shape index (κ1) is 17.6. The molecule has 0 radical (unpaired) electrons. The molecule has 0 amide bonds. The summed E-state index contributed by atoms with van der Waals surface area (Å²) in [6, 6.07) is 4.76. The smallest absolute Gasteiger partial charge is 0.321 e. The monoisotopic (exact) mass is 374 g/mol. The minimum atomic E-state index is -4.08. The van der Waals surface area contributed by atoms with Crippen LogP contribution in [0.15, 0.2) is 27.6 Å². The van der Waals surface area contributed by atoms with E-state index in [1.165, 1.54) is 12.1 Å². The summed E-state index contributed by atoms with van der Waals surface area (Å²) in [5, 5.41) is 18.1. The Labute approximate surface area is 132 Å². The van der Waals surface area contributed by atoms with Crippen molar-refractivity contribution >= 4 is 31.9 Å².